The summed E-state index contributed by atoms with van der Waals surface area (Å²) in [6, 6.07) is 11.1. The number of halogens is 2. The minimum absolute atomic E-state index is 0.0462. The number of hydrogen-bond acceptors (Lipinski definition) is 6. The summed E-state index contributed by atoms with van der Waals surface area (Å²) < 4.78 is 7.24. The van der Waals surface area contributed by atoms with Crippen LogP contribution >= 0.6 is 39.3 Å². The van der Waals surface area contributed by atoms with Gasteiger partial charge in [-0.15, -0.1) is 10.2 Å². The third kappa shape index (κ3) is 4.38. The summed E-state index contributed by atoms with van der Waals surface area (Å²) in [7, 11) is 1.49. The van der Waals surface area contributed by atoms with Gasteiger partial charge in [0.2, 0.25) is 5.16 Å². The number of benzene rings is 2. The highest BCUT2D eigenvalue weighted by molar-refractivity contribution is 9.10. The normalized spacial score (nSPS) is 11.2. The second-order valence-corrected chi connectivity index (χ2v) is 7.34. The van der Waals surface area contributed by atoms with E-state index in [1.807, 2.05) is 24.3 Å². The van der Waals surface area contributed by atoms with Crippen LogP contribution < -0.4 is 4.74 Å². The fourth-order valence-corrected chi connectivity index (χ4v) is 3.71. The molecule has 0 aliphatic heterocycles. The van der Waals surface area contributed by atoms with Gasteiger partial charge in [0.1, 0.15) is 6.33 Å². The number of rotatable bonds is 6. The molecule has 0 atom stereocenters. The molecule has 134 valence electrons. The summed E-state index contributed by atoms with van der Waals surface area (Å²) in [5.74, 6) is 1.06. The first-order chi connectivity index (χ1) is 12.6. The van der Waals surface area contributed by atoms with Crippen LogP contribution in [0, 0.1) is 0 Å². The van der Waals surface area contributed by atoms with Crippen LogP contribution in [0.5, 0.6) is 11.5 Å². The molecule has 0 saturated carbocycles. The molecule has 3 rings (SSSR count). The average molecular weight is 454 g/mol. The number of thioether (sulfide) groups is 1. The molecular weight excluding hydrogens is 440 g/mol. The maximum atomic E-state index is 9.86. The van der Waals surface area contributed by atoms with Crippen LogP contribution in [-0.4, -0.2) is 33.3 Å². The molecule has 0 aliphatic rings. The van der Waals surface area contributed by atoms with Crippen molar-refractivity contribution in [2.75, 3.05) is 7.11 Å². The molecule has 0 bridgehead atoms. The fraction of sp³-hybridized carbons (Fsp3) is 0.118. The van der Waals surface area contributed by atoms with Crippen molar-refractivity contribution >= 4 is 45.5 Å². The van der Waals surface area contributed by atoms with E-state index in [4.69, 9.17) is 16.3 Å². The lowest BCUT2D eigenvalue weighted by molar-refractivity contribution is 0.372. The number of phenolic OH excluding ortho intramolecular Hbond substituents is 1. The van der Waals surface area contributed by atoms with Gasteiger partial charge in [-0.1, -0.05) is 41.6 Å². The van der Waals surface area contributed by atoms with Gasteiger partial charge in [-0.25, -0.2) is 0 Å². The van der Waals surface area contributed by atoms with E-state index in [0.717, 1.165) is 16.1 Å². The fourth-order valence-electron chi connectivity index (χ4n) is 2.10. The van der Waals surface area contributed by atoms with Gasteiger partial charge >= 0.3 is 0 Å². The summed E-state index contributed by atoms with van der Waals surface area (Å²) in [6.45, 7) is 0. The van der Waals surface area contributed by atoms with E-state index in [0.29, 0.717) is 21.1 Å². The highest BCUT2D eigenvalue weighted by Crippen LogP contribution is 2.34. The van der Waals surface area contributed by atoms with Gasteiger partial charge in [0.25, 0.3) is 0 Å². The molecule has 1 heterocycles. The van der Waals surface area contributed by atoms with Gasteiger partial charge < -0.3 is 9.84 Å². The summed E-state index contributed by atoms with van der Waals surface area (Å²) in [6.07, 6.45) is 3.16. The second kappa shape index (κ2) is 8.57. The standard InChI is InChI=1S/C17H14BrClN4O2S/c1-25-15-7-11(6-13(18)16(15)24)8-21-23-10-20-22-17(23)26-9-12-4-2-3-5-14(12)19/h2-8,10,24H,9H2,1H3/b21-8+. The summed E-state index contributed by atoms with van der Waals surface area (Å²) in [4.78, 5) is 0. The van der Waals surface area contributed by atoms with Crippen molar-refractivity contribution in [2.24, 2.45) is 5.10 Å². The van der Waals surface area contributed by atoms with Gasteiger partial charge in [-0.2, -0.15) is 9.78 Å². The number of phenols is 1. The summed E-state index contributed by atoms with van der Waals surface area (Å²) in [5.41, 5.74) is 1.77. The number of methoxy groups -OCH3 is 1. The Morgan fingerprint density at radius 1 is 1.38 bits per heavy atom. The Balaban J connectivity index is 1.76. The van der Waals surface area contributed by atoms with Crippen LogP contribution in [0.2, 0.25) is 5.02 Å². The SMILES string of the molecule is COc1cc(/C=N/n2cnnc2SCc2ccccc2Cl)cc(Br)c1O. The summed E-state index contributed by atoms with van der Waals surface area (Å²) >= 11 is 11.0. The molecule has 0 radical (unpaired) electrons. The van der Waals surface area contributed by atoms with Crippen LogP contribution in [0.3, 0.4) is 0 Å². The number of ether oxygens (including phenoxy) is 1. The maximum Gasteiger partial charge on any atom is 0.212 e. The van der Waals surface area contributed by atoms with E-state index in [9.17, 15) is 5.11 Å². The first kappa shape index (κ1) is 18.8. The third-order valence-corrected chi connectivity index (χ3v) is 5.37. The maximum absolute atomic E-state index is 9.86. The Kier molecular flexibility index (Phi) is 6.18. The number of aromatic nitrogens is 3. The Hall–Kier alpha value is -2.03. The molecule has 0 unspecified atom stereocenters. The molecule has 0 spiro atoms. The third-order valence-electron chi connectivity index (χ3n) is 3.42. The highest BCUT2D eigenvalue weighted by Gasteiger charge is 2.09. The van der Waals surface area contributed by atoms with E-state index >= 15 is 0 Å². The quantitative estimate of drug-likeness (QED) is 0.437. The Morgan fingerprint density at radius 3 is 2.96 bits per heavy atom. The first-order valence-corrected chi connectivity index (χ1v) is 9.61. The van der Waals surface area contributed by atoms with E-state index in [1.165, 1.54) is 25.2 Å². The van der Waals surface area contributed by atoms with Crippen molar-refractivity contribution < 1.29 is 9.84 Å². The molecule has 0 amide bonds. The van der Waals surface area contributed by atoms with Crippen molar-refractivity contribution in [1.29, 1.82) is 0 Å². The van der Waals surface area contributed by atoms with E-state index in [1.54, 1.807) is 23.0 Å². The largest absolute Gasteiger partial charge is 0.503 e. The summed E-state index contributed by atoms with van der Waals surface area (Å²) in [5, 5.41) is 23.6. The molecule has 1 aromatic heterocycles. The topological polar surface area (TPSA) is 72.5 Å². The zero-order valence-corrected chi connectivity index (χ0v) is 16.8. The second-order valence-electron chi connectivity index (χ2n) is 5.14. The van der Waals surface area contributed by atoms with Gasteiger partial charge in [0.15, 0.2) is 11.5 Å². The van der Waals surface area contributed by atoms with Gasteiger partial charge in [0.05, 0.1) is 17.8 Å². The lowest BCUT2D eigenvalue weighted by Gasteiger charge is -2.06. The molecular formula is C17H14BrClN4O2S. The van der Waals surface area contributed by atoms with Crippen molar-refractivity contribution in [3.63, 3.8) is 0 Å². The molecule has 6 nitrogen and oxygen atoms in total. The number of nitrogens with zero attached hydrogens (tertiary/aromatic N) is 4. The van der Waals surface area contributed by atoms with Crippen LogP contribution in [0.1, 0.15) is 11.1 Å². The van der Waals surface area contributed by atoms with Crippen LogP contribution in [0.4, 0.5) is 0 Å². The number of hydrogen-bond donors (Lipinski definition) is 1. The highest BCUT2D eigenvalue weighted by atomic mass is 79.9. The molecule has 0 aliphatic carbocycles. The lowest BCUT2D eigenvalue weighted by atomic mass is 10.2. The lowest BCUT2D eigenvalue weighted by Crippen LogP contribution is -1.94. The van der Waals surface area contributed by atoms with Crippen molar-refractivity contribution in [2.45, 2.75) is 10.9 Å². The van der Waals surface area contributed by atoms with Crippen LogP contribution in [-0.2, 0) is 5.75 Å². The van der Waals surface area contributed by atoms with Gasteiger partial charge in [0, 0.05) is 10.8 Å². The minimum atomic E-state index is 0.0462. The Labute approximate surface area is 168 Å². The predicted molar refractivity (Wildman–Crippen MR) is 106 cm³/mol. The van der Waals surface area contributed by atoms with Gasteiger partial charge in [-0.05, 0) is 45.3 Å². The van der Waals surface area contributed by atoms with E-state index in [-0.39, 0.29) is 5.75 Å². The predicted octanol–water partition coefficient (Wildman–Crippen LogP) is 4.58. The van der Waals surface area contributed by atoms with Crippen molar-refractivity contribution in [3.8, 4) is 11.5 Å². The molecule has 1 N–H and O–H groups in total. The average Bonchev–Trinajstić information content (AvgIpc) is 3.09. The van der Waals surface area contributed by atoms with E-state index in [2.05, 4.69) is 31.2 Å². The van der Waals surface area contributed by atoms with Crippen molar-refractivity contribution in [3.05, 3.63) is 63.3 Å². The molecule has 0 fully saturated rings. The molecule has 26 heavy (non-hydrogen) atoms. The smallest absolute Gasteiger partial charge is 0.212 e. The van der Waals surface area contributed by atoms with Gasteiger partial charge in [-0.3, -0.25) is 0 Å². The zero-order chi connectivity index (χ0) is 18.5. The van der Waals surface area contributed by atoms with E-state index < -0.39 is 0 Å². The van der Waals surface area contributed by atoms with Crippen LogP contribution in [0.25, 0.3) is 0 Å². The Morgan fingerprint density at radius 2 is 2.19 bits per heavy atom. The molecule has 0 saturated heterocycles. The monoisotopic (exact) mass is 452 g/mol. The zero-order valence-electron chi connectivity index (χ0n) is 13.6. The molecule has 9 heteroatoms. The molecule has 3 aromatic rings. The molecule has 2 aromatic carbocycles. The minimum Gasteiger partial charge on any atom is -0.503 e. The van der Waals surface area contributed by atoms with Crippen LogP contribution in [0.15, 0.2) is 57.5 Å². The number of aromatic hydroxyl groups is 1. The van der Waals surface area contributed by atoms with Crippen molar-refractivity contribution in [1.82, 2.24) is 14.9 Å². The Bertz CT molecular complexity index is 948. The first-order valence-electron chi connectivity index (χ1n) is 7.45.